The summed E-state index contributed by atoms with van der Waals surface area (Å²) >= 11 is 0. The van der Waals surface area contributed by atoms with Crippen molar-refractivity contribution in [2.24, 2.45) is 0 Å². The van der Waals surface area contributed by atoms with E-state index < -0.39 is 5.54 Å². The molecule has 1 aromatic carbocycles. The van der Waals surface area contributed by atoms with Crippen molar-refractivity contribution < 1.29 is 14.1 Å². The molecule has 7 nitrogen and oxygen atoms in total. The summed E-state index contributed by atoms with van der Waals surface area (Å²) in [4.78, 5) is 31.1. The second-order valence-corrected chi connectivity index (χ2v) is 8.87. The molecule has 0 bridgehead atoms. The number of carbonyl (C=O) groups is 2. The monoisotopic (exact) mass is 436 g/mol. The highest BCUT2D eigenvalue weighted by Gasteiger charge is 2.38. The molecule has 2 aromatic rings. The number of hydrogen-bond donors (Lipinski definition) is 1. The summed E-state index contributed by atoms with van der Waals surface area (Å²) in [6.45, 7) is 2.88. The number of amides is 2. The number of nitrogens with one attached hydrogen (secondary N) is 1. The Bertz CT molecular complexity index is 959. The van der Waals surface area contributed by atoms with Crippen molar-refractivity contribution in [1.29, 1.82) is 0 Å². The van der Waals surface area contributed by atoms with E-state index in [1.54, 1.807) is 0 Å². The Balaban J connectivity index is 1.35. The van der Waals surface area contributed by atoms with Gasteiger partial charge in [0, 0.05) is 32.9 Å². The predicted octanol–water partition coefficient (Wildman–Crippen LogP) is 4.00. The van der Waals surface area contributed by atoms with Gasteiger partial charge in [-0.1, -0.05) is 67.2 Å². The van der Waals surface area contributed by atoms with E-state index in [2.05, 4.69) is 33.7 Å². The molecule has 2 heterocycles. The lowest BCUT2D eigenvalue weighted by Crippen LogP contribution is -2.45. The van der Waals surface area contributed by atoms with Crippen molar-refractivity contribution in [3.8, 4) is 0 Å². The van der Waals surface area contributed by atoms with Crippen LogP contribution in [0.2, 0.25) is 0 Å². The van der Waals surface area contributed by atoms with Gasteiger partial charge in [-0.15, -0.1) is 0 Å². The molecule has 2 aliphatic rings. The Morgan fingerprint density at radius 2 is 1.88 bits per heavy atom. The van der Waals surface area contributed by atoms with Crippen molar-refractivity contribution >= 4 is 17.4 Å². The van der Waals surface area contributed by atoms with Crippen molar-refractivity contribution in [2.75, 3.05) is 13.1 Å². The second-order valence-electron chi connectivity index (χ2n) is 8.87. The molecule has 1 aromatic heterocycles. The number of benzene rings is 1. The third kappa shape index (κ3) is 5.26. The lowest BCUT2D eigenvalue weighted by Gasteiger charge is -2.30. The first kappa shape index (κ1) is 22.2. The molecular formula is C25H32N4O3. The van der Waals surface area contributed by atoms with Gasteiger partial charge in [0.2, 0.25) is 17.7 Å². The van der Waals surface area contributed by atoms with Crippen molar-refractivity contribution in [2.45, 2.75) is 70.3 Å². The summed E-state index contributed by atoms with van der Waals surface area (Å²) in [5.74, 6) is 1.02. The summed E-state index contributed by atoms with van der Waals surface area (Å²) in [5.41, 5.74) is 1.96. The SMILES string of the molecule is CC(=O)NC1(c2noc(CCC(=O)N3CC=C(c4ccccc4)CC3)n2)CCCCCC1. The van der Waals surface area contributed by atoms with E-state index in [0.717, 1.165) is 51.5 Å². The topological polar surface area (TPSA) is 88.3 Å². The third-order valence-corrected chi connectivity index (χ3v) is 6.53. The fourth-order valence-electron chi connectivity index (χ4n) is 4.81. The first-order valence-electron chi connectivity index (χ1n) is 11.7. The van der Waals surface area contributed by atoms with Gasteiger partial charge in [-0.25, -0.2) is 0 Å². The molecule has 1 fully saturated rings. The molecule has 4 rings (SSSR count). The maximum absolute atomic E-state index is 12.7. The van der Waals surface area contributed by atoms with Gasteiger partial charge < -0.3 is 14.7 Å². The second kappa shape index (κ2) is 10.1. The Kier molecular flexibility index (Phi) is 7.02. The Morgan fingerprint density at radius 1 is 1.12 bits per heavy atom. The molecule has 0 atom stereocenters. The highest BCUT2D eigenvalue weighted by atomic mass is 16.5. The normalized spacial score (nSPS) is 18.5. The van der Waals surface area contributed by atoms with Crippen LogP contribution in [0.15, 0.2) is 40.9 Å². The summed E-state index contributed by atoms with van der Waals surface area (Å²) in [6, 6.07) is 10.3. The van der Waals surface area contributed by atoms with Crippen molar-refractivity contribution in [1.82, 2.24) is 20.4 Å². The van der Waals surface area contributed by atoms with Crippen molar-refractivity contribution in [3.63, 3.8) is 0 Å². The molecule has 1 aliphatic heterocycles. The van der Waals surface area contributed by atoms with E-state index in [1.165, 1.54) is 18.1 Å². The van der Waals surface area contributed by atoms with Crippen LogP contribution < -0.4 is 5.32 Å². The average Bonchev–Trinajstić information content (AvgIpc) is 3.18. The van der Waals surface area contributed by atoms with E-state index in [9.17, 15) is 9.59 Å². The van der Waals surface area contributed by atoms with Crippen LogP contribution >= 0.6 is 0 Å². The van der Waals surface area contributed by atoms with E-state index in [0.29, 0.717) is 31.1 Å². The van der Waals surface area contributed by atoms with E-state index in [1.807, 2.05) is 23.1 Å². The molecule has 1 aliphatic carbocycles. The molecule has 0 radical (unpaired) electrons. The smallest absolute Gasteiger partial charge is 0.227 e. The van der Waals surface area contributed by atoms with Gasteiger partial charge in [0.25, 0.3) is 0 Å². The lowest BCUT2D eigenvalue weighted by atomic mass is 9.89. The van der Waals surface area contributed by atoms with E-state index in [-0.39, 0.29) is 11.8 Å². The van der Waals surface area contributed by atoms with Crippen LogP contribution in [0.4, 0.5) is 0 Å². The number of nitrogens with zero attached hydrogens (tertiary/aromatic N) is 3. The lowest BCUT2D eigenvalue weighted by molar-refractivity contribution is -0.130. The highest BCUT2D eigenvalue weighted by Crippen LogP contribution is 2.34. The summed E-state index contributed by atoms with van der Waals surface area (Å²) in [7, 11) is 0. The molecular weight excluding hydrogens is 404 g/mol. The zero-order valence-electron chi connectivity index (χ0n) is 18.8. The molecule has 1 saturated carbocycles. The van der Waals surface area contributed by atoms with Crippen LogP contribution in [0.5, 0.6) is 0 Å². The molecule has 0 saturated heterocycles. The quantitative estimate of drug-likeness (QED) is 0.692. The number of carbonyl (C=O) groups excluding carboxylic acids is 2. The standard InChI is InChI=1S/C25H32N4O3/c1-19(30)27-25(15-7-2-3-8-16-25)24-26-22(32-28-24)11-12-23(31)29-17-13-21(14-18-29)20-9-5-4-6-10-20/h4-6,9-10,13H,2-3,7-8,11-12,14-18H2,1H3,(H,27,30). The summed E-state index contributed by atoms with van der Waals surface area (Å²) < 4.78 is 5.48. The zero-order valence-corrected chi connectivity index (χ0v) is 18.8. The van der Waals surface area contributed by atoms with Gasteiger partial charge in [0.15, 0.2) is 5.82 Å². The molecule has 170 valence electrons. The maximum atomic E-state index is 12.7. The molecule has 32 heavy (non-hydrogen) atoms. The minimum Gasteiger partial charge on any atom is -0.343 e. The molecule has 2 amide bonds. The number of hydrogen-bond acceptors (Lipinski definition) is 5. The molecule has 1 N–H and O–H groups in total. The zero-order chi connectivity index (χ0) is 22.4. The largest absolute Gasteiger partial charge is 0.343 e. The van der Waals surface area contributed by atoms with Gasteiger partial charge in [-0.2, -0.15) is 4.98 Å². The van der Waals surface area contributed by atoms with Crippen LogP contribution in [0.1, 0.15) is 75.6 Å². The first-order chi connectivity index (χ1) is 15.6. The van der Waals surface area contributed by atoms with Gasteiger partial charge >= 0.3 is 0 Å². The Morgan fingerprint density at radius 3 is 2.53 bits per heavy atom. The van der Waals surface area contributed by atoms with Crippen LogP contribution in [0.25, 0.3) is 5.57 Å². The molecule has 0 spiro atoms. The van der Waals surface area contributed by atoms with E-state index >= 15 is 0 Å². The average molecular weight is 437 g/mol. The number of aryl methyl sites for hydroxylation is 1. The molecule has 7 heteroatoms. The molecule has 0 unspecified atom stereocenters. The van der Waals surface area contributed by atoms with Crippen LogP contribution in [0, 0.1) is 0 Å². The van der Waals surface area contributed by atoms with Crippen LogP contribution in [-0.4, -0.2) is 39.9 Å². The summed E-state index contributed by atoms with van der Waals surface area (Å²) in [5, 5.41) is 7.30. The fourth-order valence-corrected chi connectivity index (χ4v) is 4.81. The first-order valence-corrected chi connectivity index (χ1v) is 11.7. The minimum atomic E-state index is -0.556. The Labute approximate surface area is 189 Å². The van der Waals surface area contributed by atoms with Gasteiger partial charge in [-0.05, 0) is 30.4 Å². The van der Waals surface area contributed by atoms with Gasteiger partial charge in [0.1, 0.15) is 5.54 Å². The summed E-state index contributed by atoms with van der Waals surface area (Å²) in [6.07, 6.45) is 9.73. The Hall–Kier alpha value is -2.96. The number of aromatic nitrogens is 2. The van der Waals surface area contributed by atoms with Crippen molar-refractivity contribution in [3.05, 3.63) is 53.7 Å². The van der Waals surface area contributed by atoms with E-state index in [4.69, 9.17) is 4.52 Å². The van der Waals surface area contributed by atoms with Crippen LogP contribution in [0.3, 0.4) is 0 Å². The maximum Gasteiger partial charge on any atom is 0.227 e. The number of rotatable bonds is 6. The minimum absolute atomic E-state index is 0.0820. The van der Waals surface area contributed by atoms with Gasteiger partial charge in [0.05, 0.1) is 0 Å². The highest BCUT2D eigenvalue weighted by molar-refractivity contribution is 5.78. The third-order valence-electron chi connectivity index (χ3n) is 6.53. The van der Waals surface area contributed by atoms with Crippen LogP contribution in [-0.2, 0) is 21.5 Å². The predicted molar refractivity (Wildman–Crippen MR) is 121 cm³/mol. The fraction of sp³-hybridized carbons (Fsp3) is 0.520. The van der Waals surface area contributed by atoms with Gasteiger partial charge in [-0.3, -0.25) is 9.59 Å².